The first kappa shape index (κ1) is 22.5. The van der Waals surface area contributed by atoms with E-state index >= 15 is 0 Å². The van der Waals surface area contributed by atoms with Gasteiger partial charge in [0.05, 0.1) is 32.1 Å². The number of nitrogens with zero attached hydrogens (tertiary/aromatic N) is 3. The zero-order valence-electron chi connectivity index (χ0n) is 17.4. The molecule has 1 aliphatic heterocycles. The lowest BCUT2D eigenvalue weighted by Gasteiger charge is -2.28. The number of methoxy groups -OCH3 is 2. The standard InChI is InChI=1S/C21H28N4O4S/c1-27-10-7-22-20(26)17-5-3-16(4-6-17)15-30-21-23-18(14-28-2)13-19(24-21)25-8-11-29-12-9-25/h3-6,13H,7-12,14-15H2,1-2H3,(H,22,26). The molecule has 0 unspecified atom stereocenters. The molecule has 2 heterocycles. The zero-order chi connectivity index (χ0) is 21.2. The van der Waals surface area contributed by atoms with Gasteiger partial charge in [0.15, 0.2) is 5.16 Å². The molecule has 1 aromatic heterocycles. The van der Waals surface area contributed by atoms with Crippen molar-refractivity contribution in [2.75, 3.05) is 58.6 Å². The zero-order valence-corrected chi connectivity index (χ0v) is 18.2. The predicted octanol–water partition coefficient (Wildman–Crippen LogP) is 2.13. The van der Waals surface area contributed by atoms with Crippen molar-refractivity contribution in [3.05, 3.63) is 47.2 Å². The van der Waals surface area contributed by atoms with E-state index in [4.69, 9.17) is 19.2 Å². The molecule has 0 spiro atoms. The summed E-state index contributed by atoms with van der Waals surface area (Å²) in [5.41, 5.74) is 2.59. The Bertz CT molecular complexity index is 813. The van der Waals surface area contributed by atoms with Gasteiger partial charge in [-0.3, -0.25) is 4.79 Å². The van der Waals surface area contributed by atoms with Crippen LogP contribution in [-0.2, 0) is 26.6 Å². The summed E-state index contributed by atoms with van der Waals surface area (Å²) in [5, 5.41) is 3.53. The van der Waals surface area contributed by atoms with Gasteiger partial charge in [0.1, 0.15) is 5.82 Å². The van der Waals surface area contributed by atoms with E-state index in [0.29, 0.717) is 49.4 Å². The second-order valence-electron chi connectivity index (χ2n) is 6.77. The molecule has 1 fully saturated rings. The van der Waals surface area contributed by atoms with Gasteiger partial charge in [-0.25, -0.2) is 9.97 Å². The van der Waals surface area contributed by atoms with Crippen molar-refractivity contribution < 1.29 is 19.0 Å². The summed E-state index contributed by atoms with van der Waals surface area (Å²) in [6, 6.07) is 9.56. The second kappa shape index (κ2) is 11.8. The van der Waals surface area contributed by atoms with E-state index < -0.39 is 0 Å². The van der Waals surface area contributed by atoms with Gasteiger partial charge < -0.3 is 24.4 Å². The number of benzene rings is 1. The summed E-state index contributed by atoms with van der Waals surface area (Å²) in [4.78, 5) is 23.6. The minimum atomic E-state index is -0.1000. The van der Waals surface area contributed by atoms with Crippen LogP contribution in [0.15, 0.2) is 35.5 Å². The first-order valence-electron chi connectivity index (χ1n) is 9.88. The van der Waals surface area contributed by atoms with Gasteiger partial charge in [-0.2, -0.15) is 0 Å². The fourth-order valence-electron chi connectivity index (χ4n) is 2.97. The Kier molecular flexibility index (Phi) is 8.88. The van der Waals surface area contributed by atoms with E-state index in [1.54, 1.807) is 26.0 Å². The number of ether oxygens (including phenoxy) is 3. The first-order valence-corrected chi connectivity index (χ1v) is 10.9. The SMILES string of the molecule is COCCNC(=O)c1ccc(CSc2nc(COC)cc(N3CCOCC3)n2)cc1. The number of rotatable bonds is 10. The highest BCUT2D eigenvalue weighted by atomic mass is 32.2. The van der Waals surface area contributed by atoms with Gasteiger partial charge in [-0.15, -0.1) is 0 Å². The molecule has 30 heavy (non-hydrogen) atoms. The molecule has 1 aromatic carbocycles. The number of thioether (sulfide) groups is 1. The number of hydrogen-bond donors (Lipinski definition) is 1. The van der Waals surface area contributed by atoms with Crippen molar-refractivity contribution in [3.63, 3.8) is 0 Å². The van der Waals surface area contributed by atoms with E-state index in [9.17, 15) is 4.79 Å². The highest BCUT2D eigenvalue weighted by Gasteiger charge is 2.15. The van der Waals surface area contributed by atoms with Crippen LogP contribution in [0.2, 0.25) is 0 Å². The minimum Gasteiger partial charge on any atom is -0.383 e. The quantitative estimate of drug-likeness (QED) is 0.347. The third kappa shape index (κ3) is 6.66. The van der Waals surface area contributed by atoms with Gasteiger partial charge in [-0.1, -0.05) is 23.9 Å². The van der Waals surface area contributed by atoms with Crippen molar-refractivity contribution >= 4 is 23.5 Å². The van der Waals surface area contributed by atoms with Crippen LogP contribution in [0, 0.1) is 0 Å². The molecule has 1 aliphatic rings. The lowest BCUT2D eigenvalue weighted by molar-refractivity contribution is 0.0937. The maximum atomic E-state index is 12.1. The van der Waals surface area contributed by atoms with E-state index in [-0.39, 0.29) is 5.91 Å². The molecule has 2 aromatic rings. The third-order valence-electron chi connectivity index (χ3n) is 4.55. The molecule has 8 nitrogen and oxygen atoms in total. The number of nitrogens with one attached hydrogen (secondary N) is 1. The summed E-state index contributed by atoms with van der Waals surface area (Å²) in [6.45, 7) is 4.49. The molecule has 0 aliphatic carbocycles. The summed E-state index contributed by atoms with van der Waals surface area (Å²) in [6.07, 6.45) is 0. The number of carbonyl (C=O) groups excluding carboxylic acids is 1. The average molecular weight is 433 g/mol. The minimum absolute atomic E-state index is 0.1000. The van der Waals surface area contributed by atoms with Crippen LogP contribution < -0.4 is 10.2 Å². The molecule has 162 valence electrons. The van der Waals surface area contributed by atoms with E-state index in [1.807, 2.05) is 30.3 Å². The fraction of sp³-hybridized carbons (Fsp3) is 0.476. The number of anilines is 1. The van der Waals surface area contributed by atoms with Gasteiger partial charge in [0.2, 0.25) is 0 Å². The smallest absolute Gasteiger partial charge is 0.251 e. The van der Waals surface area contributed by atoms with Crippen LogP contribution in [0.25, 0.3) is 0 Å². The van der Waals surface area contributed by atoms with Crippen LogP contribution in [0.5, 0.6) is 0 Å². The number of morpholine rings is 1. The van der Waals surface area contributed by atoms with Gasteiger partial charge in [-0.05, 0) is 17.7 Å². The van der Waals surface area contributed by atoms with E-state index in [2.05, 4.69) is 15.2 Å². The second-order valence-corrected chi connectivity index (χ2v) is 7.71. The van der Waals surface area contributed by atoms with Crippen LogP contribution >= 0.6 is 11.8 Å². The van der Waals surface area contributed by atoms with Crippen LogP contribution in [0.4, 0.5) is 5.82 Å². The summed E-state index contributed by atoms with van der Waals surface area (Å²) >= 11 is 1.57. The number of hydrogen-bond acceptors (Lipinski definition) is 8. The number of aromatic nitrogens is 2. The first-order chi connectivity index (χ1) is 14.7. The van der Waals surface area contributed by atoms with Gasteiger partial charge in [0.25, 0.3) is 5.91 Å². The van der Waals surface area contributed by atoms with E-state index in [1.165, 1.54) is 0 Å². The van der Waals surface area contributed by atoms with Gasteiger partial charge >= 0.3 is 0 Å². The Hall–Kier alpha value is -2.20. The number of amides is 1. The van der Waals surface area contributed by atoms with Crippen molar-refractivity contribution in [1.29, 1.82) is 0 Å². The highest BCUT2D eigenvalue weighted by Crippen LogP contribution is 2.24. The summed E-state index contributed by atoms with van der Waals surface area (Å²) in [5.74, 6) is 1.52. The molecule has 0 saturated carbocycles. The Morgan fingerprint density at radius 3 is 2.63 bits per heavy atom. The van der Waals surface area contributed by atoms with Crippen LogP contribution in [0.1, 0.15) is 21.6 Å². The molecule has 1 N–H and O–H groups in total. The topological polar surface area (TPSA) is 85.8 Å². The van der Waals surface area contributed by atoms with Crippen molar-refractivity contribution in [2.24, 2.45) is 0 Å². The third-order valence-corrected chi connectivity index (χ3v) is 5.47. The molecule has 1 amide bonds. The molecule has 0 radical (unpaired) electrons. The number of carbonyl (C=O) groups is 1. The molecular formula is C21H28N4O4S. The monoisotopic (exact) mass is 432 g/mol. The predicted molar refractivity (Wildman–Crippen MR) is 116 cm³/mol. The molecule has 1 saturated heterocycles. The largest absolute Gasteiger partial charge is 0.383 e. The highest BCUT2D eigenvalue weighted by molar-refractivity contribution is 7.98. The maximum Gasteiger partial charge on any atom is 0.251 e. The Balaban J connectivity index is 1.62. The Morgan fingerprint density at radius 1 is 1.17 bits per heavy atom. The summed E-state index contributed by atoms with van der Waals surface area (Å²) in [7, 11) is 3.27. The lowest BCUT2D eigenvalue weighted by Crippen LogP contribution is -2.37. The van der Waals surface area contributed by atoms with Crippen molar-refractivity contribution in [2.45, 2.75) is 17.5 Å². The molecule has 9 heteroatoms. The normalized spacial score (nSPS) is 14.0. The molecular weight excluding hydrogens is 404 g/mol. The fourth-order valence-corrected chi connectivity index (χ4v) is 3.80. The lowest BCUT2D eigenvalue weighted by atomic mass is 10.1. The molecule has 0 bridgehead atoms. The maximum absolute atomic E-state index is 12.1. The van der Waals surface area contributed by atoms with E-state index in [0.717, 1.165) is 30.2 Å². The Morgan fingerprint density at radius 2 is 1.93 bits per heavy atom. The van der Waals surface area contributed by atoms with Crippen molar-refractivity contribution in [3.8, 4) is 0 Å². The summed E-state index contributed by atoms with van der Waals surface area (Å²) < 4.78 is 15.7. The Labute approximate surface area is 181 Å². The molecule has 0 atom stereocenters. The van der Waals surface area contributed by atoms with Gasteiger partial charge in [0, 0.05) is 51.2 Å². The average Bonchev–Trinajstić information content (AvgIpc) is 2.79. The molecule has 3 rings (SSSR count). The van der Waals surface area contributed by atoms with Crippen LogP contribution in [-0.4, -0.2) is 69.5 Å². The van der Waals surface area contributed by atoms with Crippen LogP contribution in [0.3, 0.4) is 0 Å². The van der Waals surface area contributed by atoms with Crippen molar-refractivity contribution in [1.82, 2.24) is 15.3 Å².